The van der Waals surface area contributed by atoms with E-state index in [0.717, 1.165) is 11.5 Å². The summed E-state index contributed by atoms with van der Waals surface area (Å²) in [4.78, 5) is 19.0. The number of hydrogen-bond acceptors (Lipinski definition) is 3. The van der Waals surface area contributed by atoms with Crippen molar-refractivity contribution in [2.24, 2.45) is 7.05 Å². The van der Waals surface area contributed by atoms with Gasteiger partial charge in [-0.2, -0.15) is 5.10 Å². The fourth-order valence-corrected chi connectivity index (χ4v) is 1.58. The van der Waals surface area contributed by atoms with E-state index in [4.69, 9.17) is 0 Å². The van der Waals surface area contributed by atoms with Crippen molar-refractivity contribution in [2.75, 3.05) is 0 Å². The van der Waals surface area contributed by atoms with Gasteiger partial charge in [0, 0.05) is 25.1 Å². The summed E-state index contributed by atoms with van der Waals surface area (Å²) in [5.74, 6) is 0.597. The maximum absolute atomic E-state index is 12.0. The Morgan fingerprint density at radius 2 is 2.35 bits per heavy atom. The van der Waals surface area contributed by atoms with Gasteiger partial charge in [-0.3, -0.25) is 9.48 Å². The zero-order valence-corrected chi connectivity index (χ0v) is 10.1. The molecule has 17 heavy (non-hydrogen) atoms. The molecule has 0 fully saturated rings. The van der Waals surface area contributed by atoms with Crippen LogP contribution < -0.4 is 5.32 Å². The number of aromatic amines is 1. The second kappa shape index (κ2) is 4.40. The summed E-state index contributed by atoms with van der Waals surface area (Å²) in [6.07, 6.45) is 4.96. The molecule has 0 radical (unpaired) electrons. The molecule has 0 aliphatic rings. The van der Waals surface area contributed by atoms with Gasteiger partial charge in [0.2, 0.25) is 0 Å². The summed E-state index contributed by atoms with van der Waals surface area (Å²) in [5, 5.41) is 6.91. The van der Waals surface area contributed by atoms with E-state index in [9.17, 15) is 4.79 Å². The van der Waals surface area contributed by atoms with Gasteiger partial charge in [-0.1, -0.05) is 0 Å². The van der Waals surface area contributed by atoms with Crippen molar-refractivity contribution in [2.45, 2.75) is 19.9 Å². The van der Waals surface area contributed by atoms with Crippen LogP contribution in [0.3, 0.4) is 0 Å². The highest BCUT2D eigenvalue weighted by atomic mass is 16.1. The number of nitrogens with zero attached hydrogens (tertiary/aromatic N) is 3. The average Bonchev–Trinajstić information content (AvgIpc) is 2.90. The smallest absolute Gasteiger partial charge is 0.255 e. The Bertz CT molecular complexity index is 514. The predicted molar refractivity (Wildman–Crippen MR) is 62.4 cm³/mol. The van der Waals surface area contributed by atoms with Crippen molar-refractivity contribution in [1.29, 1.82) is 0 Å². The third-order valence-electron chi connectivity index (χ3n) is 2.76. The predicted octanol–water partition coefficient (Wildman–Crippen LogP) is 0.943. The minimum Gasteiger partial charge on any atom is -0.347 e. The second-order valence-corrected chi connectivity index (χ2v) is 3.94. The van der Waals surface area contributed by atoms with Gasteiger partial charge in [0.05, 0.1) is 17.8 Å². The van der Waals surface area contributed by atoms with E-state index in [-0.39, 0.29) is 11.9 Å². The zero-order valence-electron chi connectivity index (χ0n) is 10.1. The monoisotopic (exact) mass is 233 g/mol. The van der Waals surface area contributed by atoms with Gasteiger partial charge in [0.1, 0.15) is 5.82 Å². The third kappa shape index (κ3) is 2.20. The van der Waals surface area contributed by atoms with E-state index < -0.39 is 0 Å². The molecule has 0 bridgehead atoms. The van der Waals surface area contributed by atoms with Crippen LogP contribution in [0.2, 0.25) is 0 Å². The van der Waals surface area contributed by atoms with E-state index in [1.807, 2.05) is 20.9 Å². The number of aryl methyl sites for hydroxylation is 1. The van der Waals surface area contributed by atoms with Gasteiger partial charge in [-0.25, -0.2) is 4.98 Å². The fraction of sp³-hybridized carbons (Fsp3) is 0.364. The van der Waals surface area contributed by atoms with Crippen molar-refractivity contribution >= 4 is 5.91 Å². The Kier molecular flexibility index (Phi) is 2.95. The molecular formula is C11H15N5O. The van der Waals surface area contributed by atoms with Crippen molar-refractivity contribution in [3.8, 4) is 0 Å². The van der Waals surface area contributed by atoms with Crippen molar-refractivity contribution in [3.05, 3.63) is 35.7 Å². The van der Waals surface area contributed by atoms with E-state index >= 15 is 0 Å². The van der Waals surface area contributed by atoms with E-state index in [1.165, 1.54) is 0 Å². The van der Waals surface area contributed by atoms with Crippen LogP contribution in [0.15, 0.2) is 18.6 Å². The lowest BCUT2D eigenvalue weighted by atomic mass is 10.2. The minimum atomic E-state index is -0.155. The Labute approximate surface area is 99.1 Å². The summed E-state index contributed by atoms with van der Waals surface area (Å²) in [5.41, 5.74) is 1.43. The highest BCUT2D eigenvalue weighted by Gasteiger charge is 2.16. The minimum absolute atomic E-state index is 0.139. The molecule has 2 N–H and O–H groups in total. The average molecular weight is 233 g/mol. The largest absolute Gasteiger partial charge is 0.347 e. The molecule has 2 rings (SSSR count). The van der Waals surface area contributed by atoms with Crippen LogP contribution in [-0.4, -0.2) is 25.7 Å². The summed E-state index contributed by atoms with van der Waals surface area (Å²) in [7, 11) is 1.81. The number of amides is 1. The van der Waals surface area contributed by atoms with Gasteiger partial charge in [-0.15, -0.1) is 0 Å². The first kappa shape index (κ1) is 11.4. The lowest BCUT2D eigenvalue weighted by Crippen LogP contribution is -2.27. The molecule has 0 saturated heterocycles. The maximum Gasteiger partial charge on any atom is 0.255 e. The molecule has 0 aromatic carbocycles. The lowest BCUT2D eigenvalue weighted by Gasteiger charge is -2.10. The van der Waals surface area contributed by atoms with Gasteiger partial charge in [-0.05, 0) is 13.8 Å². The normalized spacial score (nSPS) is 12.4. The number of carbonyl (C=O) groups is 1. The molecule has 2 heterocycles. The Hall–Kier alpha value is -2.11. The highest BCUT2D eigenvalue weighted by molar-refractivity contribution is 5.95. The molecule has 0 aliphatic carbocycles. The van der Waals surface area contributed by atoms with Crippen LogP contribution in [0.25, 0.3) is 0 Å². The number of H-pyrrole nitrogens is 1. The van der Waals surface area contributed by atoms with Crippen LogP contribution in [0.4, 0.5) is 0 Å². The van der Waals surface area contributed by atoms with Crippen LogP contribution in [-0.2, 0) is 7.05 Å². The molecule has 6 nitrogen and oxygen atoms in total. The highest BCUT2D eigenvalue weighted by Crippen LogP contribution is 2.10. The number of rotatable bonds is 3. The van der Waals surface area contributed by atoms with Crippen LogP contribution in [0.1, 0.15) is 34.8 Å². The van der Waals surface area contributed by atoms with Gasteiger partial charge < -0.3 is 10.3 Å². The summed E-state index contributed by atoms with van der Waals surface area (Å²) >= 11 is 0. The number of hydrogen-bond donors (Lipinski definition) is 2. The molecule has 0 saturated carbocycles. The number of aromatic nitrogens is 4. The molecule has 0 aliphatic heterocycles. The lowest BCUT2D eigenvalue weighted by molar-refractivity contribution is 0.0937. The van der Waals surface area contributed by atoms with E-state index in [2.05, 4.69) is 20.4 Å². The van der Waals surface area contributed by atoms with Crippen LogP contribution >= 0.6 is 0 Å². The first-order valence-electron chi connectivity index (χ1n) is 5.38. The summed E-state index contributed by atoms with van der Waals surface area (Å²) in [6.45, 7) is 3.74. The van der Waals surface area contributed by atoms with Gasteiger partial charge >= 0.3 is 0 Å². The number of imidazole rings is 1. The zero-order chi connectivity index (χ0) is 12.4. The summed E-state index contributed by atoms with van der Waals surface area (Å²) < 4.78 is 1.67. The first-order valence-corrected chi connectivity index (χ1v) is 5.38. The number of nitrogens with one attached hydrogen (secondary N) is 2. The molecule has 90 valence electrons. The van der Waals surface area contributed by atoms with Crippen molar-refractivity contribution < 1.29 is 4.79 Å². The number of carbonyl (C=O) groups excluding carboxylic acids is 1. The maximum atomic E-state index is 12.0. The van der Waals surface area contributed by atoms with Crippen molar-refractivity contribution in [1.82, 2.24) is 25.1 Å². The molecule has 1 unspecified atom stereocenters. The molecular weight excluding hydrogens is 218 g/mol. The molecule has 0 spiro atoms. The van der Waals surface area contributed by atoms with Crippen LogP contribution in [0, 0.1) is 6.92 Å². The SMILES string of the molecule is Cc1c(C(=O)NC(C)c2ncc[nH]2)cnn1C. The Morgan fingerprint density at radius 1 is 1.59 bits per heavy atom. The molecule has 2 aromatic rings. The molecule has 1 atom stereocenters. The molecule has 6 heteroatoms. The topological polar surface area (TPSA) is 75.6 Å². The summed E-state index contributed by atoms with van der Waals surface area (Å²) in [6, 6.07) is -0.155. The Morgan fingerprint density at radius 3 is 2.88 bits per heavy atom. The van der Waals surface area contributed by atoms with Crippen LogP contribution in [0.5, 0.6) is 0 Å². The van der Waals surface area contributed by atoms with E-state index in [1.54, 1.807) is 23.3 Å². The van der Waals surface area contributed by atoms with E-state index in [0.29, 0.717) is 5.56 Å². The standard InChI is InChI=1S/C11H15N5O/c1-7(10-12-4-5-13-10)15-11(17)9-6-14-16(3)8(9)2/h4-7H,1-3H3,(H,12,13)(H,15,17). The Balaban J connectivity index is 2.10. The van der Waals surface area contributed by atoms with Gasteiger partial charge in [0.25, 0.3) is 5.91 Å². The first-order chi connectivity index (χ1) is 8.09. The molecule has 1 amide bonds. The second-order valence-electron chi connectivity index (χ2n) is 3.94. The fourth-order valence-electron chi connectivity index (χ4n) is 1.58. The van der Waals surface area contributed by atoms with Crippen molar-refractivity contribution in [3.63, 3.8) is 0 Å². The van der Waals surface area contributed by atoms with Gasteiger partial charge in [0.15, 0.2) is 0 Å². The quantitative estimate of drug-likeness (QED) is 0.828. The molecule has 2 aromatic heterocycles. The third-order valence-corrected chi connectivity index (χ3v) is 2.76.